The smallest absolute Gasteiger partial charge is 0.329 e. The molecule has 0 spiro atoms. The van der Waals surface area contributed by atoms with Crippen molar-refractivity contribution in [2.24, 2.45) is 5.92 Å². The van der Waals surface area contributed by atoms with Crippen LogP contribution in [0.3, 0.4) is 0 Å². The van der Waals surface area contributed by atoms with Gasteiger partial charge in [0.2, 0.25) is 0 Å². The zero-order valence-corrected chi connectivity index (χ0v) is 12.1. The minimum Gasteiger partial charge on any atom is -0.480 e. The predicted octanol–water partition coefficient (Wildman–Crippen LogP) is 1.97. The number of aliphatic carboxylic acids is 1. The van der Waals surface area contributed by atoms with Gasteiger partial charge in [0.15, 0.2) is 10.8 Å². The van der Waals surface area contributed by atoms with Gasteiger partial charge in [0.1, 0.15) is 11.2 Å². The van der Waals surface area contributed by atoms with Gasteiger partial charge in [-0.05, 0) is 37.8 Å². The van der Waals surface area contributed by atoms with Gasteiger partial charge in [0, 0.05) is 6.20 Å². The molecule has 0 radical (unpaired) electrons. The fourth-order valence-electron chi connectivity index (χ4n) is 2.46. The first kappa shape index (κ1) is 13.9. The zero-order chi connectivity index (χ0) is 15.2. The largest absolute Gasteiger partial charge is 0.480 e. The number of imidazole rings is 1. The number of fused-ring (bicyclic) bond motifs is 1. The van der Waals surface area contributed by atoms with Crippen molar-refractivity contribution in [3.05, 3.63) is 35.2 Å². The SMILES string of the molecule is C[C@@](NC(=O)c1c(Cl)nc2ccccn12)(C(=O)O)C1CC1. The van der Waals surface area contributed by atoms with E-state index >= 15 is 0 Å². The van der Waals surface area contributed by atoms with E-state index in [2.05, 4.69) is 10.3 Å². The number of carbonyl (C=O) groups excluding carboxylic acids is 1. The number of hydrogen-bond donors (Lipinski definition) is 2. The van der Waals surface area contributed by atoms with Crippen molar-refractivity contribution in [3.8, 4) is 0 Å². The average Bonchev–Trinajstić information content (AvgIpc) is 3.21. The summed E-state index contributed by atoms with van der Waals surface area (Å²) in [6.45, 7) is 1.53. The van der Waals surface area contributed by atoms with Gasteiger partial charge < -0.3 is 10.4 Å². The van der Waals surface area contributed by atoms with Crippen LogP contribution in [0.1, 0.15) is 30.3 Å². The second kappa shape index (κ2) is 4.73. The molecule has 2 heterocycles. The van der Waals surface area contributed by atoms with Crippen LogP contribution in [-0.2, 0) is 4.79 Å². The van der Waals surface area contributed by atoms with Crippen molar-refractivity contribution >= 4 is 29.1 Å². The van der Waals surface area contributed by atoms with E-state index in [9.17, 15) is 14.7 Å². The molecule has 0 unspecified atom stereocenters. The Bertz CT molecular complexity index is 738. The molecular formula is C14H14ClN3O3. The fraction of sp³-hybridized carbons (Fsp3) is 0.357. The van der Waals surface area contributed by atoms with Gasteiger partial charge in [-0.1, -0.05) is 17.7 Å². The molecule has 1 saturated carbocycles. The second-order valence-electron chi connectivity index (χ2n) is 5.42. The van der Waals surface area contributed by atoms with Crippen LogP contribution in [0.2, 0.25) is 5.15 Å². The Morgan fingerprint density at radius 2 is 2.19 bits per heavy atom. The van der Waals surface area contributed by atoms with E-state index in [0.29, 0.717) is 5.65 Å². The Balaban J connectivity index is 1.97. The van der Waals surface area contributed by atoms with Crippen LogP contribution in [0.25, 0.3) is 5.65 Å². The molecule has 1 aliphatic carbocycles. The number of hydrogen-bond acceptors (Lipinski definition) is 3. The third kappa shape index (κ3) is 2.25. The van der Waals surface area contributed by atoms with Gasteiger partial charge in [-0.15, -0.1) is 0 Å². The maximum Gasteiger partial charge on any atom is 0.329 e. The fourth-order valence-corrected chi connectivity index (χ4v) is 2.72. The zero-order valence-electron chi connectivity index (χ0n) is 11.3. The summed E-state index contributed by atoms with van der Waals surface area (Å²) in [5.41, 5.74) is -0.587. The summed E-state index contributed by atoms with van der Waals surface area (Å²) in [4.78, 5) is 28.0. The van der Waals surface area contributed by atoms with Crippen molar-refractivity contribution in [2.75, 3.05) is 0 Å². The van der Waals surface area contributed by atoms with E-state index in [1.165, 1.54) is 6.92 Å². The molecule has 2 aromatic heterocycles. The Morgan fingerprint density at radius 3 is 2.81 bits per heavy atom. The lowest BCUT2D eigenvalue weighted by Crippen LogP contribution is -2.54. The van der Waals surface area contributed by atoms with Gasteiger partial charge >= 0.3 is 5.97 Å². The number of amides is 1. The number of carbonyl (C=O) groups is 2. The normalized spacial score (nSPS) is 17.4. The van der Waals surface area contributed by atoms with Gasteiger partial charge in [0.25, 0.3) is 5.91 Å². The van der Waals surface area contributed by atoms with Crippen LogP contribution < -0.4 is 5.32 Å². The molecule has 1 amide bonds. The molecule has 0 bridgehead atoms. The molecule has 7 heteroatoms. The number of carboxylic acids is 1. The summed E-state index contributed by atoms with van der Waals surface area (Å²) < 4.78 is 1.55. The van der Waals surface area contributed by atoms with Gasteiger partial charge in [0.05, 0.1) is 0 Å². The van der Waals surface area contributed by atoms with E-state index in [4.69, 9.17) is 11.6 Å². The number of pyridine rings is 1. The van der Waals surface area contributed by atoms with Crippen LogP contribution >= 0.6 is 11.6 Å². The van der Waals surface area contributed by atoms with Crippen LogP contribution in [0.5, 0.6) is 0 Å². The highest BCUT2D eigenvalue weighted by molar-refractivity contribution is 6.32. The summed E-state index contributed by atoms with van der Waals surface area (Å²) in [5.74, 6) is -1.62. The number of halogens is 1. The van der Waals surface area contributed by atoms with Crippen LogP contribution in [-0.4, -0.2) is 31.9 Å². The Hall–Kier alpha value is -2.08. The molecule has 0 aromatic carbocycles. The number of nitrogens with one attached hydrogen (secondary N) is 1. The molecule has 3 rings (SSSR count). The van der Waals surface area contributed by atoms with Crippen molar-refractivity contribution < 1.29 is 14.7 Å². The monoisotopic (exact) mass is 307 g/mol. The number of carboxylic acid groups (broad SMARTS) is 1. The lowest BCUT2D eigenvalue weighted by Gasteiger charge is -2.26. The maximum atomic E-state index is 12.5. The van der Waals surface area contributed by atoms with Crippen molar-refractivity contribution in [2.45, 2.75) is 25.3 Å². The first-order chi connectivity index (χ1) is 9.93. The quantitative estimate of drug-likeness (QED) is 0.904. The summed E-state index contributed by atoms with van der Waals surface area (Å²) in [6, 6.07) is 5.25. The average molecular weight is 308 g/mol. The highest BCUT2D eigenvalue weighted by atomic mass is 35.5. The Labute approximate surface area is 125 Å². The van der Waals surface area contributed by atoms with Gasteiger partial charge in [-0.2, -0.15) is 0 Å². The van der Waals surface area contributed by atoms with Crippen molar-refractivity contribution in [1.29, 1.82) is 0 Å². The number of aromatic nitrogens is 2. The topological polar surface area (TPSA) is 83.7 Å². The molecule has 2 aromatic rings. The summed E-state index contributed by atoms with van der Waals surface area (Å²) >= 11 is 6.03. The molecule has 0 aliphatic heterocycles. The van der Waals surface area contributed by atoms with E-state index in [1.54, 1.807) is 28.8 Å². The minimum atomic E-state index is -1.28. The third-order valence-corrected chi connectivity index (χ3v) is 4.18. The second-order valence-corrected chi connectivity index (χ2v) is 5.77. The molecule has 21 heavy (non-hydrogen) atoms. The molecule has 2 N–H and O–H groups in total. The van der Waals surface area contributed by atoms with Gasteiger partial charge in [-0.3, -0.25) is 9.20 Å². The summed E-state index contributed by atoms with van der Waals surface area (Å²) in [7, 11) is 0. The highest BCUT2D eigenvalue weighted by Gasteiger charge is 2.49. The van der Waals surface area contributed by atoms with Crippen molar-refractivity contribution in [1.82, 2.24) is 14.7 Å². The summed E-state index contributed by atoms with van der Waals surface area (Å²) in [6.07, 6.45) is 3.26. The molecule has 0 saturated heterocycles. The lowest BCUT2D eigenvalue weighted by atomic mass is 9.96. The first-order valence-corrected chi connectivity index (χ1v) is 7.00. The van der Waals surface area contributed by atoms with Crippen LogP contribution in [0, 0.1) is 5.92 Å². The highest BCUT2D eigenvalue weighted by Crippen LogP contribution is 2.40. The number of nitrogens with zero attached hydrogens (tertiary/aromatic N) is 2. The van der Waals surface area contributed by atoms with E-state index in [0.717, 1.165) is 12.8 Å². The molecule has 1 fully saturated rings. The molecule has 6 nitrogen and oxygen atoms in total. The van der Waals surface area contributed by atoms with E-state index in [1.807, 2.05) is 0 Å². The number of rotatable bonds is 4. The van der Waals surface area contributed by atoms with E-state index < -0.39 is 17.4 Å². The lowest BCUT2D eigenvalue weighted by molar-refractivity contribution is -0.144. The van der Waals surface area contributed by atoms with Crippen molar-refractivity contribution in [3.63, 3.8) is 0 Å². The molecule has 110 valence electrons. The predicted molar refractivity (Wildman–Crippen MR) is 76.4 cm³/mol. The maximum absolute atomic E-state index is 12.5. The minimum absolute atomic E-state index is 0.0445. The Kier molecular flexibility index (Phi) is 3.13. The molecular weight excluding hydrogens is 294 g/mol. The van der Waals surface area contributed by atoms with E-state index in [-0.39, 0.29) is 16.8 Å². The molecule has 1 aliphatic rings. The third-order valence-electron chi connectivity index (χ3n) is 3.91. The molecule has 1 atom stereocenters. The van der Waals surface area contributed by atoms with Crippen LogP contribution in [0.4, 0.5) is 0 Å². The van der Waals surface area contributed by atoms with Gasteiger partial charge in [-0.25, -0.2) is 9.78 Å². The Morgan fingerprint density at radius 1 is 1.48 bits per heavy atom. The summed E-state index contributed by atoms with van der Waals surface area (Å²) in [5, 5.41) is 12.1. The standard InChI is InChI=1S/C14H14ClN3O3/c1-14(13(20)21,8-5-6-8)17-12(19)10-11(15)16-9-4-2-3-7-18(9)10/h2-4,7-8H,5-6H2,1H3,(H,17,19)(H,20,21)/t14-/m0/s1. The first-order valence-electron chi connectivity index (χ1n) is 6.62. The van der Waals surface area contributed by atoms with Crippen LogP contribution in [0.15, 0.2) is 24.4 Å².